The molecule has 0 aliphatic carbocycles. The Labute approximate surface area is 108 Å². The largest absolute Gasteiger partial charge is 0.335 e. The average Bonchev–Trinajstić information content (AvgIpc) is 2.57. The normalized spacial score (nSPS) is 22.0. The molecule has 0 bridgehead atoms. The second kappa shape index (κ2) is 4.73. The fourth-order valence-corrected chi connectivity index (χ4v) is 2.88. The number of aryl methyl sites for hydroxylation is 2. The van der Waals surface area contributed by atoms with Crippen molar-refractivity contribution in [3.63, 3.8) is 0 Å². The number of hydrogen-bond donors (Lipinski definition) is 1. The van der Waals surface area contributed by atoms with Crippen LogP contribution < -0.4 is 0 Å². The van der Waals surface area contributed by atoms with Crippen LogP contribution in [0.15, 0.2) is 18.2 Å². The maximum Gasteiger partial charge on any atom is 0.224 e. The molecule has 1 aliphatic rings. The van der Waals surface area contributed by atoms with Gasteiger partial charge in [0.05, 0.1) is 6.04 Å². The van der Waals surface area contributed by atoms with Crippen LogP contribution in [0.4, 0.5) is 0 Å². The molecule has 0 spiro atoms. The van der Waals surface area contributed by atoms with Crippen LogP contribution in [-0.2, 0) is 4.79 Å². The zero-order valence-electron chi connectivity index (χ0n) is 10.6. The highest BCUT2D eigenvalue weighted by molar-refractivity contribution is 7.81. The summed E-state index contributed by atoms with van der Waals surface area (Å²) in [4.78, 5) is 13.8. The molecule has 1 aliphatic heterocycles. The van der Waals surface area contributed by atoms with Crippen molar-refractivity contribution in [3.8, 4) is 0 Å². The summed E-state index contributed by atoms with van der Waals surface area (Å²) >= 11 is 4.40. The van der Waals surface area contributed by atoms with E-state index in [1.165, 1.54) is 16.7 Å². The lowest BCUT2D eigenvalue weighted by atomic mass is 9.99. The quantitative estimate of drug-likeness (QED) is 0.799. The van der Waals surface area contributed by atoms with Crippen molar-refractivity contribution >= 4 is 18.5 Å². The van der Waals surface area contributed by atoms with Gasteiger partial charge in [0.15, 0.2) is 0 Å². The summed E-state index contributed by atoms with van der Waals surface area (Å²) in [7, 11) is 0. The van der Waals surface area contributed by atoms with E-state index in [-0.39, 0.29) is 17.2 Å². The maximum absolute atomic E-state index is 11.9. The molecule has 1 fully saturated rings. The van der Waals surface area contributed by atoms with Gasteiger partial charge in [0.25, 0.3) is 0 Å². The van der Waals surface area contributed by atoms with E-state index in [1.807, 2.05) is 4.90 Å². The number of benzene rings is 1. The minimum Gasteiger partial charge on any atom is -0.335 e. The molecule has 3 heteroatoms. The molecule has 0 radical (unpaired) electrons. The van der Waals surface area contributed by atoms with E-state index >= 15 is 0 Å². The second-order valence-corrected chi connectivity index (χ2v) is 5.67. The van der Waals surface area contributed by atoms with Crippen LogP contribution in [0.2, 0.25) is 0 Å². The maximum atomic E-state index is 11.9. The first-order valence-electron chi connectivity index (χ1n) is 6.03. The molecule has 2 nitrogen and oxygen atoms in total. The third-order valence-electron chi connectivity index (χ3n) is 3.48. The lowest BCUT2D eigenvalue weighted by Gasteiger charge is -2.26. The number of likely N-dealkylation sites (tertiary alicyclic amines) is 1. The van der Waals surface area contributed by atoms with Crippen LogP contribution >= 0.6 is 12.6 Å². The third kappa shape index (κ3) is 2.49. The van der Waals surface area contributed by atoms with E-state index in [0.717, 1.165) is 6.54 Å². The third-order valence-corrected chi connectivity index (χ3v) is 3.83. The Morgan fingerprint density at radius 2 is 2.12 bits per heavy atom. The van der Waals surface area contributed by atoms with Gasteiger partial charge in [0, 0.05) is 18.2 Å². The van der Waals surface area contributed by atoms with Gasteiger partial charge in [0.2, 0.25) is 5.91 Å². The van der Waals surface area contributed by atoms with Crippen LogP contribution in [0, 0.1) is 13.8 Å². The number of nitrogens with zero attached hydrogens (tertiary/aromatic N) is 1. The van der Waals surface area contributed by atoms with Crippen molar-refractivity contribution in [1.29, 1.82) is 0 Å². The molecule has 1 aromatic carbocycles. The molecule has 1 amide bonds. The molecule has 2 atom stereocenters. The predicted octanol–water partition coefficient (Wildman–Crippen LogP) is 2.90. The Morgan fingerprint density at radius 3 is 2.65 bits per heavy atom. The molecule has 2 rings (SSSR count). The fraction of sp³-hybridized carbons (Fsp3) is 0.500. The molecule has 92 valence electrons. The summed E-state index contributed by atoms with van der Waals surface area (Å²) in [5, 5.41) is 0.190. The van der Waals surface area contributed by atoms with Crippen molar-refractivity contribution in [1.82, 2.24) is 4.90 Å². The summed E-state index contributed by atoms with van der Waals surface area (Å²) < 4.78 is 0. The van der Waals surface area contributed by atoms with Gasteiger partial charge in [0.1, 0.15) is 0 Å². The molecule has 1 heterocycles. The minimum absolute atomic E-state index is 0.153. The highest BCUT2D eigenvalue weighted by atomic mass is 32.1. The first kappa shape index (κ1) is 12.5. The highest BCUT2D eigenvalue weighted by Crippen LogP contribution is 2.29. The van der Waals surface area contributed by atoms with Crippen LogP contribution in [0.5, 0.6) is 0 Å². The van der Waals surface area contributed by atoms with Gasteiger partial charge in [-0.05, 0) is 31.9 Å². The molecule has 17 heavy (non-hydrogen) atoms. The molecule has 1 aromatic rings. The van der Waals surface area contributed by atoms with Crippen LogP contribution in [0.25, 0.3) is 0 Å². The number of thiol groups is 1. The van der Waals surface area contributed by atoms with E-state index in [1.54, 1.807) is 0 Å². The number of amides is 1. The van der Waals surface area contributed by atoms with Gasteiger partial charge in [-0.2, -0.15) is 12.6 Å². The van der Waals surface area contributed by atoms with E-state index in [2.05, 4.69) is 51.6 Å². The smallest absolute Gasteiger partial charge is 0.224 e. The number of carbonyl (C=O) groups excluding carboxylic acids is 1. The van der Waals surface area contributed by atoms with E-state index in [9.17, 15) is 4.79 Å². The number of rotatable bonds is 2. The molecule has 2 unspecified atom stereocenters. The molecule has 0 saturated carbocycles. The van der Waals surface area contributed by atoms with Crippen LogP contribution in [0.1, 0.15) is 36.1 Å². The number of hydrogen-bond acceptors (Lipinski definition) is 2. The van der Waals surface area contributed by atoms with Gasteiger partial charge < -0.3 is 4.90 Å². The fourth-order valence-electron chi connectivity index (χ4n) is 2.55. The van der Waals surface area contributed by atoms with Crippen molar-refractivity contribution in [3.05, 3.63) is 34.9 Å². The van der Waals surface area contributed by atoms with Crippen molar-refractivity contribution in [2.75, 3.05) is 6.54 Å². The van der Waals surface area contributed by atoms with Crippen LogP contribution in [0.3, 0.4) is 0 Å². The van der Waals surface area contributed by atoms with Crippen LogP contribution in [-0.4, -0.2) is 22.6 Å². The Hall–Kier alpha value is -0.960. The lowest BCUT2D eigenvalue weighted by Crippen LogP contribution is -2.29. The van der Waals surface area contributed by atoms with E-state index in [4.69, 9.17) is 0 Å². The van der Waals surface area contributed by atoms with Gasteiger partial charge in [-0.25, -0.2) is 0 Å². The van der Waals surface area contributed by atoms with Gasteiger partial charge in [-0.15, -0.1) is 0 Å². The van der Waals surface area contributed by atoms with E-state index < -0.39 is 0 Å². The monoisotopic (exact) mass is 249 g/mol. The summed E-state index contributed by atoms with van der Waals surface area (Å²) in [5.74, 6) is 0.220. The SMILES string of the molecule is Cc1ccc(C(C)N2CC(S)CC2=O)c(C)c1. The summed E-state index contributed by atoms with van der Waals surface area (Å²) in [6, 6.07) is 6.57. The van der Waals surface area contributed by atoms with Gasteiger partial charge in [-0.1, -0.05) is 23.8 Å². The Balaban J connectivity index is 2.25. The summed E-state index contributed by atoms with van der Waals surface area (Å²) in [6.07, 6.45) is 0.568. The Morgan fingerprint density at radius 1 is 1.41 bits per heavy atom. The standard InChI is InChI=1S/C14H19NOS/c1-9-4-5-13(10(2)6-9)11(3)15-8-12(17)7-14(15)16/h4-6,11-12,17H,7-8H2,1-3H3. The first-order valence-corrected chi connectivity index (χ1v) is 6.55. The van der Waals surface area contributed by atoms with Crippen molar-refractivity contribution in [2.45, 2.75) is 38.5 Å². The topological polar surface area (TPSA) is 20.3 Å². The summed E-state index contributed by atoms with van der Waals surface area (Å²) in [5.41, 5.74) is 3.76. The Kier molecular flexibility index (Phi) is 3.48. The first-order chi connectivity index (χ1) is 7.99. The van der Waals surface area contributed by atoms with Crippen molar-refractivity contribution < 1.29 is 4.79 Å². The van der Waals surface area contributed by atoms with Gasteiger partial charge >= 0.3 is 0 Å². The average molecular weight is 249 g/mol. The minimum atomic E-state index is 0.153. The Bertz CT molecular complexity index is 444. The van der Waals surface area contributed by atoms with E-state index in [0.29, 0.717) is 6.42 Å². The zero-order valence-corrected chi connectivity index (χ0v) is 11.5. The molecule has 1 saturated heterocycles. The zero-order chi connectivity index (χ0) is 12.6. The van der Waals surface area contributed by atoms with Gasteiger partial charge in [-0.3, -0.25) is 4.79 Å². The predicted molar refractivity (Wildman–Crippen MR) is 73.4 cm³/mol. The molecular formula is C14H19NOS. The number of carbonyl (C=O) groups is 1. The highest BCUT2D eigenvalue weighted by Gasteiger charge is 2.31. The van der Waals surface area contributed by atoms with Crippen molar-refractivity contribution in [2.24, 2.45) is 0 Å². The second-order valence-electron chi connectivity index (χ2n) is 4.94. The molecular weight excluding hydrogens is 230 g/mol. The summed E-state index contributed by atoms with van der Waals surface area (Å²) in [6.45, 7) is 7.06. The molecule has 0 aromatic heterocycles. The lowest BCUT2D eigenvalue weighted by molar-refractivity contribution is -0.129. The molecule has 0 N–H and O–H groups in total.